The highest BCUT2D eigenvalue weighted by molar-refractivity contribution is 5.85. The fourth-order valence-electron chi connectivity index (χ4n) is 3.01. The molecule has 0 aliphatic heterocycles. The van der Waals surface area contributed by atoms with Gasteiger partial charge in [0, 0.05) is 11.0 Å². The molecule has 2 aromatic rings. The molecule has 2 nitrogen and oxygen atoms in total. The molecule has 0 heterocycles. The molecule has 1 aliphatic rings. The Morgan fingerprint density at radius 2 is 1.75 bits per heavy atom. The van der Waals surface area contributed by atoms with Crippen molar-refractivity contribution in [3.05, 3.63) is 58.4 Å². The van der Waals surface area contributed by atoms with E-state index in [0.717, 1.165) is 16.7 Å². The molecule has 0 spiro atoms. The molecule has 20 heavy (non-hydrogen) atoms. The van der Waals surface area contributed by atoms with Crippen LogP contribution < -0.4 is 0 Å². The molecule has 3 heteroatoms. The number of halogens is 1. The fourth-order valence-corrected chi connectivity index (χ4v) is 3.01. The zero-order chi connectivity index (χ0) is 14.5. The zero-order valence-corrected chi connectivity index (χ0v) is 11.2. The molecule has 1 aliphatic carbocycles. The molecule has 2 aromatic carbocycles. The van der Waals surface area contributed by atoms with Gasteiger partial charge in [-0.15, -0.1) is 0 Å². The summed E-state index contributed by atoms with van der Waals surface area (Å²) in [5.74, 6) is -0.721. The highest BCUT2D eigenvalue weighted by Crippen LogP contribution is 2.50. The lowest BCUT2D eigenvalue weighted by atomic mass is 9.81. The second-order valence-corrected chi connectivity index (χ2v) is 5.43. The summed E-state index contributed by atoms with van der Waals surface area (Å²) in [6.45, 7) is 4.05. The monoisotopic (exact) mass is 262 g/mol. The molecular weight excluding hydrogens is 251 g/mol. The number of fused-ring (bicyclic) bond motifs is 3. The first kappa shape index (κ1) is 12.4. The van der Waals surface area contributed by atoms with Crippen LogP contribution in [0.25, 0.3) is 11.1 Å². The largest absolute Gasteiger partial charge is 0.204 e. The Hall–Kier alpha value is -2.65. The van der Waals surface area contributed by atoms with Crippen LogP contribution in [0.2, 0.25) is 0 Å². The van der Waals surface area contributed by atoms with Crippen molar-refractivity contribution in [3.63, 3.8) is 0 Å². The van der Waals surface area contributed by atoms with Crippen molar-refractivity contribution in [1.29, 1.82) is 10.5 Å². The van der Waals surface area contributed by atoms with E-state index in [1.807, 2.05) is 50.3 Å². The molecule has 0 N–H and O–H groups in total. The molecule has 0 fully saturated rings. The minimum Gasteiger partial charge on any atom is -0.204 e. The molecule has 96 valence electrons. The third kappa shape index (κ3) is 1.35. The van der Waals surface area contributed by atoms with E-state index in [1.54, 1.807) is 6.07 Å². The number of nitrogens with zero attached hydrogens (tertiary/aromatic N) is 2. The first-order valence-electron chi connectivity index (χ1n) is 6.29. The summed E-state index contributed by atoms with van der Waals surface area (Å²) in [4.78, 5) is 0. The van der Waals surface area contributed by atoms with Gasteiger partial charge in [0.05, 0.1) is 11.1 Å². The van der Waals surface area contributed by atoms with E-state index in [4.69, 9.17) is 5.26 Å². The van der Waals surface area contributed by atoms with E-state index in [0.29, 0.717) is 5.56 Å². The Labute approximate surface area is 116 Å². The van der Waals surface area contributed by atoms with Gasteiger partial charge in [-0.25, -0.2) is 4.39 Å². The number of hydrogen-bond donors (Lipinski definition) is 0. The highest BCUT2D eigenvalue weighted by Gasteiger charge is 2.38. The maximum Gasteiger partial charge on any atom is 0.159 e. The topological polar surface area (TPSA) is 47.6 Å². The van der Waals surface area contributed by atoms with Crippen molar-refractivity contribution in [1.82, 2.24) is 0 Å². The Morgan fingerprint density at radius 3 is 2.40 bits per heavy atom. The van der Waals surface area contributed by atoms with Crippen LogP contribution in [0.4, 0.5) is 4.39 Å². The van der Waals surface area contributed by atoms with E-state index in [9.17, 15) is 9.65 Å². The van der Waals surface area contributed by atoms with E-state index < -0.39 is 5.82 Å². The van der Waals surface area contributed by atoms with Gasteiger partial charge >= 0.3 is 0 Å². The van der Waals surface area contributed by atoms with Crippen LogP contribution in [-0.2, 0) is 5.41 Å². The third-order valence-corrected chi connectivity index (χ3v) is 4.04. The lowest BCUT2D eigenvalue weighted by Gasteiger charge is -2.21. The van der Waals surface area contributed by atoms with Gasteiger partial charge in [-0.3, -0.25) is 0 Å². The summed E-state index contributed by atoms with van der Waals surface area (Å²) in [6.07, 6.45) is 0. The molecule has 3 rings (SSSR count). The summed E-state index contributed by atoms with van der Waals surface area (Å²) < 4.78 is 14.2. The van der Waals surface area contributed by atoms with E-state index in [-0.39, 0.29) is 16.5 Å². The molecule has 0 unspecified atom stereocenters. The highest BCUT2D eigenvalue weighted by atomic mass is 19.1. The molecule has 0 aromatic heterocycles. The third-order valence-electron chi connectivity index (χ3n) is 4.04. The average molecular weight is 262 g/mol. The normalized spacial score (nSPS) is 14.1. The van der Waals surface area contributed by atoms with Crippen LogP contribution in [0.15, 0.2) is 30.3 Å². The first-order chi connectivity index (χ1) is 9.52. The van der Waals surface area contributed by atoms with E-state index >= 15 is 0 Å². The van der Waals surface area contributed by atoms with Crippen molar-refractivity contribution < 1.29 is 4.39 Å². The van der Waals surface area contributed by atoms with Crippen LogP contribution in [0.5, 0.6) is 0 Å². The first-order valence-corrected chi connectivity index (χ1v) is 6.29. The van der Waals surface area contributed by atoms with E-state index in [1.165, 1.54) is 0 Å². The van der Waals surface area contributed by atoms with Crippen LogP contribution >= 0.6 is 0 Å². The summed E-state index contributed by atoms with van der Waals surface area (Å²) >= 11 is 0. The quantitative estimate of drug-likeness (QED) is 0.723. The predicted molar refractivity (Wildman–Crippen MR) is 73.4 cm³/mol. The molecule has 0 amide bonds. The Balaban J connectivity index is 2.52. The zero-order valence-electron chi connectivity index (χ0n) is 11.2. The smallest absolute Gasteiger partial charge is 0.159 e. The van der Waals surface area contributed by atoms with Crippen LogP contribution in [0.3, 0.4) is 0 Å². The maximum atomic E-state index is 14.2. The van der Waals surface area contributed by atoms with E-state index in [2.05, 4.69) is 0 Å². The van der Waals surface area contributed by atoms with Crippen molar-refractivity contribution >= 4 is 0 Å². The minimum atomic E-state index is -0.721. The fraction of sp³-hybridized carbons (Fsp3) is 0.176. The van der Waals surface area contributed by atoms with Gasteiger partial charge in [-0.2, -0.15) is 10.5 Å². The second-order valence-electron chi connectivity index (χ2n) is 5.43. The number of hydrogen-bond acceptors (Lipinski definition) is 2. The Morgan fingerprint density at radius 1 is 1.05 bits per heavy atom. The SMILES string of the molecule is CC1(C)c2ccccc2-c2c1cc(C#N)c(F)c2C#N. The average Bonchev–Trinajstić information content (AvgIpc) is 2.67. The van der Waals surface area contributed by atoms with Gasteiger partial charge in [0.2, 0.25) is 0 Å². The van der Waals surface area contributed by atoms with Gasteiger partial charge in [0.15, 0.2) is 5.82 Å². The van der Waals surface area contributed by atoms with Crippen molar-refractivity contribution in [2.24, 2.45) is 0 Å². The Kier molecular flexibility index (Phi) is 2.43. The molecule has 0 atom stereocenters. The van der Waals surface area contributed by atoms with Gasteiger partial charge in [0.1, 0.15) is 12.1 Å². The lowest BCUT2D eigenvalue weighted by Crippen LogP contribution is -2.15. The summed E-state index contributed by atoms with van der Waals surface area (Å²) in [5.41, 5.74) is 2.97. The van der Waals surface area contributed by atoms with Crippen molar-refractivity contribution in [3.8, 4) is 23.3 Å². The molecule has 0 saturated carbocycles. The van der Waals surface area contributed by atoms with Gasteiger partial charge < -0.3 is 0 Å². The molecule has 0 bridgehead atoms. The van der Waals surface area contributed by atoms with Gasteiger partial charge in [-0.1, -0.05) is 38.1 Å². The number of nitriles is 2. The van der Waals surface area contributed by atoms with Gasteiger partial charge in [-0.05, 0) is 22.8 Å². The molecule has 0 radical (unpaired) electrons. The minimum absolute atomic E-state index is 0.0305. The van der Waals surface area contributed by atoms with Crippen LogP contribution in [-0.4, -0.2) is 0 Å². The molecule has 0 saturated heterocycles. The number of rotatable bonds is 0. The second kappa shape index (κ2) is 3.92. The number of benzene rings is 2. The standard InChI is InChI=1S/C17H11FN2/c1-17(2)13-6-4-3-5-11(13)15-12(9-20)16(18)10(8-19)7-14(15)17/h3-7H,1-2H3. The van der Waals surface area contributed by atoms with Crippen molar-refractivity contribution in [2.45, 2.75) is 19.3 Å². The van der Waals surface area contributed by atoms with Crippen LogP contribution in [0, 0.1) is 28.5 Å². The lowest BCUT2D eigenvalue weighted by molar-refractivity contribution is 0.614. The maximum absolute atomic E-state index is 14.2. The summed E-state index contributed by atoms with van der Waals surface area (Å²) in [7, 11) is 0. The molecular formula is C17H11FN2. The van der Waals surface area contributed by atoms with Crippen LogP contribution in [0.1, 0.15) is 36.1 Å². The van der Waals surface area contributed by atoms with Gasteiger partial charge in [0.25, 0.3) is 0 Å². The summed E-state index contributed by atoms with van der Waals surface area (Å²) in [5, 5.41) is 18.4. The predicted octanol–water partition coefficient (Wildman–Crippen LogP) is 3.88. The van der Waals surface area contributed by atoms with Crippen molar-refractivity contribution in [2.75, 3.05) is 0 Å². The Bertz CT molecular complexity index is 820. The summed E-state index contributed by atoms with van der Waals surface area (Å²) in [6, 6.07) is 13.0.